The quantitative estimate of drug-likeness (QED) is 0.250. The van der Waals surface area contributed by atoms with Crippen molar-refractivity contribution in [2.45, 2.75) is 90.6 Å². The predicted octanol–water partition coefficient (Wildman–Crippen LogP) is 6.23. The van der Waals surface area contributed by atoms with E-state index in [1.165, 1.54) is 32.1 Å². The molecule has 40 heavy (non-hydrogen) atoms. The Labute approximate surface area is 256 Å². The summed E-state index contributed by atoms with van der Waals surface area (Å²) in [5.74, 6) is -0.0654. The van der Waals surface area contributed by atoms with Crippen molar-refractivity contribution in [2.75, 3.05) is 18.6 Å². The number of nitrogens with one attached hydrogen (secondary N) is 1. The molecule has 2 aromatic rings. The molecule has 1 aliphatic rings. The summed E-state index contributed by atoms with van der Waals surface area (Å²) in [5.41, 5.74) is 4.21. The number of thioether (sulfide) groups is 1. The summed E-state index contributed by atoms with van der Waals surface area (Å²) in [4.78, 5) is 25.1. The maximum atomic E-state index is 13.3. The Kier molecular flexibility index (Phi) is 15.4. The van der Waals surface area contributed by atoms with Gasteiger partial charge in [-0.1, -0.05) is 62.4 Å². The third-order valence-electron chi connectivity index (χ3n) is 7.40. The van der Waals surface area contributed by atoms with E-state index >= 15 is 0 Å². The topological polar surface area (TPSA) is 84.9 Å². The summed E-state index contributed by atoms with van der Waals surface area (Å²) in [6.07, 6.45) is 9.92. The van der Waals surface area contributed by atoms with Gasteiger partial charge < -0.3 is 19.9 Å². The van der Waals surface area contributed by atoms with Gasteiger partial charge in [-0.15, -0.1) is 0 Å². The molecule has 0 aliphatic heterocycles. The van der Waals surface area contributed by atoms with Gasteiger partial charge in [0.25, 0.3) is 5.91 Å². The number of carboxylic acids is 1. The molecule has 1 saturated carbocycles. The normalized spacial score (nSPS) is 15.3. The fourth-order valence-electron chi connectivity index (χ4n) is 5.20. The van der Waals surface area contributed by atoms with Crippen LogP contribution >= 0.6 is 11.8 Å². The second-order valence-electron chi connectivity index (χ2n) is 10.9. The first-order chi connectivity index (χ1) is 18.8. The number of amides is 1. The molecule has 2 atom stereocenters. The summed E-state index contributed by atoms with van der Waals surface area (Å²) in [5, 5.41) is 12.4. The van der Waals surface area contributed by atoms with Gasteiger partial charge in [0.05, 0.1) is 25.4 Å². The van der Waals surface area contributed by atoms with Crippen molar-refractivity contribution < 1.29 is 24.2 Å². The molecular weight excluding hydrogens is 517 g/mol. The number of aryl methyl sites for hydroxylation is 1. The van der Waals surface area contributed by atoms with Crippen molar-refractivity contribution in [1.82, 2.24) is 5.32 Å². The van der Waals surface area contributed by atoms with E-state index in [-0.39, 0.29) is 37.0 Å². The molecule has 0 heterocycles. The van der Waals surface area contributed by atoms with Gasteiger partial charge in [-0.2, -0.15) is 11.8 Å². The van der Waals surface area contributed by atoms with Gasteiger partial charge in [0.15, 0.2) is 0 Å². The first kappa shape index (κ1) is 34.4. The molecule has 0 radical (unpaired) electrons. The van der Waals surface area contributed by atoms with E-state index in [1.807, 2.05) is 63.4 Å². The molecule has 0 spiro atoms. The number of aliphatic carboxylic acids is 1. The number of ether oxygens (including phenoxy) is 2. The molecule has 6 nitrogen and oxygen atoms in total. The maximum absolute atomic E-state index is 13.3. The molecule has 1 amide bonds. The molecule has 1 aliphatic carbocycles. The molecule has 2 N–H and O–H groups in total. The van der Waals surface area contributed by atoms with Crippen LogP contribution in [0.4, 0.5) is 0 Å². The first-order valence-corrected chi connectivity index (χ1v) is 15.6. The van der Waals surface area contributed by atoms with Gasteiger partial charge in [-0.3, -0.25) is 4.79 Å². The van der Waals surface area contributed by atoms with Gasteiger partial charge in [0.2, 0.25) is 0 Å². The second kappa shape index (κ2) is 17.9. The van der Waals surface area contributed by atoms with Crippen LogP contribution in [0.1, 0.15) is 80.3 Å². The Morgan fingerprint density at radius 1 is 1.05 bits per heavy atom. The number of carboxylic acid groups (broad SMARTS) is 1. The minimum absolute atomic E-state index is 0. The summed E-state index contributed by atoms with van der Waals surface area (Å²) < 4.78 is 12.4. The SMILES string of the molecule is CSCCC(NC(=O)c1ccc(CO[C@H](COC(C)C)CC2CCCCC2)cc1-c1ccccc1C)C(=O)O.[LiH]. The number of hydrogen-bond donors (Lipinski definition) is 2. The van der Waals surface area contributed by atoms with Crippen LogP contribution < -0.4 is 5.32 Å². The summed E-state index contributed by atoms with van der Waals surface area (Å²) in [7, 11) is 0. The molecule has 0 bridgehead atoms. The monoisotopic (exact) mass is 563 g/mol. The van der Waals surface area contributed by atoms with Crippen LogP contribution in [0.25, 0.3) is 11.1 Å². The van der Waals surface area contributed by atoms with Gasteiger partial charge in [0.1, 0.15) is 6.04 Å². The van der Waals surface area contributed by atoms with Crippen LogP contribution in [0, 0.1) is 12.8 Å². The molecule has 8 heteroatoms. The number of rotatable bonds is 15. The Morgan fingerprint density at radius 3 is 2.42 bits per heavy atom. The van der Waals surface area contributed by atoms with Crippen molar-refractivity contribution >= 4 is 42.5 Å². The van der Waals surface area contributed by atoms with Crippen LogP contribution in [0.2, 0.25) is 0 Å². The van der Waals surface area contributed by atoms with Crippen molar-refractivity contribution in [1.29, 1.82) is 0 Å². The Bertz CT molecular complexity index is 1070. The number of benzene rings is 2. The zero-order valence-electron chi connectivity index (χ0n) is 23.9. The van der Waals surface area contributed by atoms with Crippen molar-refractivity contribution in [3.63, 3.8) is 0 Å². The van der Waals surface area contributed by atoms with Crippen molar-refractivity contribution in [3.05, 3.63) is 59.2 Å². The molecule has 1 fully saturated rings. The number of carbonyl (C=O) groups excluding carboxylic acids is 1. The van der Waals surface area contributed by atoms with Gasteiger partial charge >= 0.3 is 24.8 Å². The van der Waals surface area contributed by atoms with Crippen molar-refractivity contribution in [2.24, 2.45) is 5.92 Å². The predicted molar refractivity (Wildman–Crippen MR) is 167 cm³/mol. The zero-order valence-corrected chi connectivity index (χ0v) is 24.7. The Balaban J connectivity index is 0.00000560. The fraction of sp³-hybridized carbons (Fsp3) is 0.562. The van der Waals surface area contributed by atoms with E-state index in [1.54, 1.807) is 17.8 Å². The molecule has 0 aromatic heterocycles. The Hall–Kier alpha value is -1.75. The van der Waals surface area contributed by atoms with Crippen LogP contribution in [-0.2, 0) is 20.9 Å². The van der Waals surface area contributed by atoms with E-state index in [4.69, 9.17) is 9.47 Å². The van der Waals surface area contributed by atoms with Crippen LogP contribution in [0.15, 0.2) is 42.5 Å². The average Bonchev–Trinajstić information content (AvgIpc) is 2.93. The van der Waals surface area contributed by atoms with E-state index in [9.17, 15) is 14.7 Å². The first-order valence-electron chi connectivity index (χ1n) is 14.2. The van der Waals surface area contributed by atoms with Gasteiger partial charge in [-0.05, 0) is 85.9 Å². The van der Waals surface area contributed by atoms with Crippen LogP contribution in [-0.4, -0.2) is 72.7 Å². The molecule has 3 rings (SSSR count). The summed E-state index contributed by atoms with van der Waals surface area (Å²) >= 11 is 1.56. The number of hydrogen-bond acceptors (Lipinski definition) is 5. The minimum atomic E-state index is -1.02. The van der Waals surface area contributed by atoms with Crippen LogP contribution in [0.3, 0.4) is 0 Å². The Morgan fingerprint density at radius 2 is 1.77 bits per heavy atom. The fourth-order valence-corrected chi connectivity index (χ4v) is 5.67. The van der Waals surface area contributed by atoms with Gasteiger partial charge in [-0.25, -0.2) is 4.79 Å². The van der Waals surface area contributed by atoms with Crippen molar-refractivity contribution in [3.8, 4) is 11.1 Å². The number of carbonyl (C=O) groups is 2. The zero-order chi connectivity index (χ0) is 28.2. The molecule has 1 unspecified atom stereocenters. The third-order valence-corrected chi connectivity index (χ3v) is 8.04. The standard InChI is InChI=1S/C32H45NO5S.Li.H/c1-22(2)37-21-26(18-24-11-6-5-7-12-24)38-20-25-14-15-28(29(19-25)27-13-9-8-10-23(27)3)31(34)33-30(32(35)36)16-17-39-4;;/h8-10,13-15,19,22,24,26,30H,5-7,11-12,16-18,20-21H2,1-4H3,(H,33,34)(H,35,36);;/t26-,30?;;/m0../s1. The van der Waals surface area contributed by atoms with Gasteiger partial charge in [0, 0.05) is 5.56 Å². The van der Waals surface area contributed by atoms with Crippen LogP contribution in [0.5, 0.6) is 0 Å². The van der Waals surface area contributed by atoms with E-state index in [0.717, 1.165) is 28.7 Å². The molecule has 0 saturated heterocycles. The molecule has 2 aromatic carbocycles. The summed E-state index contributed by atoms with van der Waals surface area (Å²) in [6.45, 7) is 7.11. The molecule has 216 valence electrons. The van der Waals surface area contributed by atoms with E-state index < -0.39 is 12.0 Å². The average molecular weight is 564 g/mol. The molecular formula is C32H46LiNO5S. The summed E-state index contributed by atoms with van der Waals surface area (Å²) in [6, 6.07) is 12.7. The van der Waals surface area contributed by atoms with E-state index in [2.05, 4.69) is 5.32 Å². The van der Waals surface area contributed by atoms with E-state index in [0.29, 0.717) is 36.9 Å². The second-order valence-corrected chi connectivity index (χ2v) is 11.9. The third kappa shape index (κ3) is 10.9.